The third kappa shape index (κ3) is 2.36. The molecule has 0 heterocycles. The Hall–Kier alpha value is -1.35. The maximum atomic E-state index is 11.6. The molecule has 0 amide bonds. The molecule has 0 unspecified atom stereocenters. The van der Waals surface area contributed by atoms with E-state index >= 15 is 0 Å². The number of benzene rings is 1. The van der Waals surface area contributed by atoms with Crippen molar-refractivity contribution in [3.8, 4) is 5.75 Å². The second kappa shape index (κ2) is 4.03. The summed E-state index contributed by atoms with van der Waals surface area (Å²) in [4.78, 5) is 11.6. The van der Waals surface area contributed by atoms with Crippen LogP contribution in [0.3, 0.4) is 0 Å². The quantitative estimate of drug-likeness (QED) is 0.761. The van der Waals surface area contributed by atoms with E-state index in [1.165, 1.54) is 0 Å². The van der Waals surface area contributed by atoms with Crippen molar-refractivity contribution in [1.29, 1.82) is 0 Å². The summed E-state index contributed by atoms with van der Waals surface area (Å²) < 4.78 is 5.66. The molecular weight excluding hydrogens is 190 g/mol. The summed E-state index contributed by atoms with van der Waals surface area (Å²) in [6.45, 7) is 1.98. The summed E-state index contributed by atoms with van der Waals surface area (Å²) in [6, 6.07) is 5.65. The zero-order valence-electron chi connectivity index (χ0n) is 8.82. The van der Waals surface area contributed by atoms with Gasteiger partial charge >= 0.3 is 0 Å². The molecule has 1 aromatic carbocycles. The van der Waals surface area contributed by atoms with Crippen molar-refractivity contribution in [3.63, 3.8) is 0 Å². The molecule has 3 nitrogen and oxygen atoms in total. The second-order valence-corrected chi connectivity index (χ2v) is 3.94. The molecule has 80 valence electrons. The molecule has 15 heavy (non-hydrogen) atoms. The van der Waals surface area contributed by atoms with Crippen LogP contribution in [0.1, 0.15) is 28.8 Å². The molecule has 3 heteroatoms. The minimum Gasteiger partial charge on any atom is -0.490 e. The molecule has 1 aromatic rings. The zero-order chi connectivity index (χ0) is 10.8. The van der Waals surface area contributed by atoms with Gasteiger partial charge in [-0.05, 0) is 31.9 Å². The molecule has 0 saturated heterocycles. The van der Waals surface area contributed by atoms with Gasteiger partial charge in [0.25, 0.3) is 0 Å². The first kappa shape index (κ1) is 10.2. The van der Waals surface area contributed by atoms with Crippen LogP contribution < -0.4 is 10.5 Å². The molecule has 1 saturated carbocycles. The standard InChI is InChI=1S/C12H15NO2/c1-8-2-5-12(15-9-3-4-9)10(6-8)11(14)7-13/h2,5-6,9H,3-4,7,13H2,1H3. The lowest BCUT2D eigenvalue weighted by Gasteiger charge is -2.10. The van der Waals surface area contributed by atoms with E-state index in [0.717, 1.165) is 18.4 Å². The molecule has 1 aliphatic carbocycles. The third-order valence-corrected chi connectivity index (χ3v) is 2.44. The monoisotopic (exact) mass is 205 g/mol. The molecule has 0 spiro atoms. The molecule has 0 radical (unpaired) electrons. The van der Waals surface area contributed by atoms with Crippen LogP contribution in [0.5, 0.6) is 5.75 Å². The van der Waals surface area contributed by atoms with Crippen molar-refractivity contribution in [2.75, 3.05) is 6.54 Å². The van der Waals surface area contributed by atoms with Gasteiger partial charge in [-0.2, -0.15) is 0 Å². The topological polar surface area (TPSA) is 52.3 Å². The van der Waals surface area contributed by atoms with Gasteiger partial charge in [0.1, 0.15) is 5.75 Å². The molecular formula is C12H15NO2. The fraction of sp³-hybridized carbons (Fsp3) is 0.417. The molecule has 0 atom stereocenters. The highest BCUT2D eigenvalue weighted by Crippen LogP contribution is 2.29. The number of ketones is 1. The van der Waals surface area contributed by atoms with Crippen LogP contribution >= 0.6 is 0 Å². The number of aryl methyl sites for hydroxylation is 1. The Morgan fingerprint density at radius 3 is 2.87 bits per heavy atom. The highest BCUT2D eigenvalue weighted by molar-refractivity contribution is 6.00. The predicted molar refractivity (Wildman–Crippen MR) is 58.2 cm³/mol. The van der Waals surface area contributed by atoms with Crippen LogP contribution in [-0.2, 0) is 0 Å². The van der Waals surface area contributed by atoms with Crippen LogP contribution in [0.25, 0.3) is 0 Å². The summed E-state index contributed by atoms with van der Waals surface area (Å²) in [5, 5.41) is 0. The number of nitrogens with two attached hydrogens (primary N) is 1. The first-order chi connectivity index (χ1) is 7.20. The van der Waals surface area contributed by atoms with E-state index in [4.69, 9.17) is 10.5 Å². The van der Waals surface area contributed by atoms with Gasteiger partial charge in [-0.15, -0.1) is 0 Å². The number of hydrogen-bond donors (Lipinski definition) is 1. The maximum Gasteiger partial charge on any atom is 0.180 e. The second-order valence-electron chi connectivity index (χ2n) is 3.94. The molecule has 1 aliphatic rings. The minimum atomic E-state index is -0.0608. The Balaban J connectivity index is 2.29. The van der Waals surface area contributed by atoms with E-state index in [0.29, 0.717) is 17.4 Å². The summed E-state index contributed by atoms with van der Waals surface area (Å²) in [6.07, 6.45) is 2.48. The Kier molecular flexibility index (Phi) is 2.73. The molecule has 0 aromatic heterocycles. The van der Waals surface area contributed by atoms with E-state index in [1.807, 2.05) is 25.1 Å². The molecule has 2 N–H and O–H groups in total. The van der Waals surface area contributed by atoms with Gasteiger partial charge in [0.05, 0.1) is 18.2 Å². The predicted octanol–water partition coefficient (Wildman–Crippen LogP) is 1.68. The number of carbonyl (C=O) groups excluding carboxylic acids is 1. The van der Waals surface area contributed by atoms with Crippen LogP contribution in [0.15, 0.2) is 18.2 Å². The Bertz CT molecular complexity index is 383. The Labute approximate surface area is 89.2 Å². The number of rotatable bonds is 4. The number of carbonyl (C=O) groups is 1. The van der Waals surface area contributed by atoms with Crippen molar-refractivity contribution in [3.05, 3.63) is 29.3 Å². The van der Waals surface area contributed by atoms with Crippen LogP contribution in [0.2, 0.25) is 0 Å². The smallest absolute Gasteiger partial charge is 0.180 e. The fourth-order valence-electron chi connectivity index (χ4n) is 1.44. The number of hydrogen-bond acceptors (Lipinski definition) is 3. The lowest BCUT2D eigenvalue weighted by Crippen LogP contribution is -2.15. The lowest BCUT2D eigenvalue weighted by atomic mass is 10.1. The van der Waals surface area contributed by atoms with Crippen LogP contribution in [0, 0.1) is 6.92 Å². The van der Waals surface area contributed by atoms with Gasteiger partial charge in [0.2, 0.25) is 0 Å². The highest BCUT2D eigenvalue weighted by atomic mass is 16.5. The van der Waals surface area contributed by atoms with Crippen molar-refractivity contribution >= 4 is 5.78 Å². The van der Waals surface area contributed by atoms with Gasteiger partial charge in [-0.25, -0.2) is 0 Å². The summed E-state index contributed by atoms with van der Waals surface area (Å²) in [7, 11) is 0. The van der Waals surface area contributed by atoms with Crippen molar-refractivity contribution in [2.45, 2.75) is 25.9 Å². The number of ether oxygens (including phenoxy) is 1. The van der Waals surface area contributed by atoms with Gasteiger partial charge < -0.3 is 10.5 Å². The van der Waals surface area contributed by atoms with Crippen LogP contribution in [0.4, 0.5) is 0 Å². The SMILES string of the molecule is Cc1ccc(OC2CC2)c(C(=O)CN)c1. The van der Waals surface area contributed by atoms with Crippen molar-refractivity contribution < 1.29 is 9.53 Å². The first-order valence-electron chi connectivity index (χ1n) is 5.21. The third-order valence-electron chi connectivity index (χ3n) is 2.44. The summed E-state index contributed by atoms with van der Waals surface area (Å²) >= 11 is 0. The van der Waals surface area contributed by atoms with Gasteiger partial charge in [-0.3, -0.25) is 4.79 Å². The van der Waals surface area contributed by atoms with E-state index in [-0.39, 0.29) is 12.3 Å². The normalized spacial score (nSPS) is 15.1. The summed E-state index contributed by atoms with van der Waals surface area (Å²) in [5.41, 5.74) is 7.03. The minimum absolute atomic E-state index is 0.0322. The van der Waals surface area contributed by atoms with E-state index in [9.17, 15) is 4.79 Å². The fourth-order valence-corrected chi connectivity index (χ4v) is 1.44. The van der Waals surface area contributed by atoms with Crippen molar-refractivity contribution in [1.82, 2.24) is 0 Å². The molecule has 2 rings (SSSR count). The average molecular weight is 205 g/mol. The highest BCUT2D eigenvalue weighted by Gasteiger charge is 2.25. The van der Waals surface area contributed by atoms with E-state index in [1.54, 1.807) is 0 Å². The number of Topliss-reactive ketones (excluding diaryl/α,β-unsaturated/α-hetero) is 1. The lowest BCUT2D eigenvalue weighted by molar-refractivity contribution is 0.0997. The first-order valence-corrected chi connectivity index (χ1v) is 5.21. The maximum absolute atomic E-state index is 11.6. The Morgan fingerprint density at radius 2 is 2.27 bits per heavy atom. The summed E-state index contributed by atoms with van der Waals surface area (Å²) in [5.74, 6) is 0.618. The van der Waals surface area contributed by atoms with Crippen molar-refractivity contribution in [2.24, 2.45) is 5.73 Å². The Morgan fingerprint density at radius 1 is 1.53 bits per heavy atom. The largest absolute Gasteiger partial charge is 0.490 e. The van der Waals surface area contributed by atoms with Crippen LogP contribution in [-0.4, -0.2) is 18.4 Å². The van der Waals surface area contributed by atoms with E-state index in [2.05, 4.69) is 0 Å². The van der Waals surface area contributed by atoms with Gasteiger partial charge in [-0.1, -0.05) is 11.6 Å². The van der Waals surface area contributed by atoms with E-state index < -0.39 is 0 Å². The average Bonchev–Trinajstić information content (AvgIpc) is 3.03. The molecule has 1 fully saturated rings. The zero-order valence-corrected chi connectivity index (χ0v) is 8.82. The molecule has 0 aliphatic heterocycles. The van der Waals surface area contributed by atoms with Gasteiger partial charge in [0.15, 0.2) is 5.78 Å². The molecule has 0 bridgehead atoms. The van der Waals surface area contributed by atoms with Gasteiger partial charge in [0, 0.05) is 0 Å².